The monoisotopic (exact) mass is 262 g/mol. The molecule has 0 aromatic carbocycles. The smallest absolute Gasteiger partial charge is 0.316 e. The highest BCUT2D eigenvalue weighted by atomic mass is 32.1. The van der Waals surface area contributed by atoms with Crippen LogP contribution in [0.25, 0.3) is 0 Å². The Morgan fingerprint density at radius 3 is 2.82 bits per heavy atom. The SMILES string of the molecule is FC(F)(F)c1ncccc1C(S)[C@H]1CCNC1. The first-order valence-corrected chi connectivity index (χ1v) is 5.92. The van der Waals surface area contributed by atoms with Gasteiger partial charge in [0.2, 0.25) is 0 Å². The molecule has 2 nitrogen and oxygen atoms in total. The van der Waals surface area contributed by atoms with Crippen molar-refractivity contribution in [2.24, 2.45) is 5.92 Å². The lowest BCUT2D eigenvalue weighted by Gasteiger charge is -2.21. The summed E-state index contributed by atoms with van der Waals surface area (Å²) in [6, 6.07) is 2.99. The third-order valence-electron chi connectivity index (χ3n) is 2.97. The van der Waals surface area contributed by atoms with Gasteiger partial charge in [0.05, 0.1) is 0 Å². The molecule has 0 spiro atoms. The predicted octanol–water partition coefficient (Wildman–Crippen LogP) is 2.68. The number of alkyl halides is 3. The molecule has 0 radical (unpaired) electrons. The Balaban J connectivity index is 2.31. The van der Waals surface area contributed by atoms with Crippen molar-refractivity contribution in [3.63, 3.8) is 0 Å². The van der Waals surface area contributed by atoms with Gasteiger partial charge in [-0.25, -0.2) is 0 Å². The number of hydrogen-bond donors (Lipinski definition) is 2. The van der Waals surface area contributed by atoms with E-state index < -0.39 is 17.1 Å². The fraction of sp³-hybridized carbons (Fsp3) is 0.545. The van der Waals surface area contributed by atoms with Crippen LogP contribution in [0.2, 0.25) is 0 Å². The molecule has 0 amide bonds. The van der Waals surface area contributed by atoms with Crippen LogP contribution in [0, 0.1) is 5.92 Å². The number of rotatable bonds is 2. The zero-order chi connectivity index (χ0) is 12.5. The van der Waals surface area contributed by atoms with E-state index in [1.54, 1.807) is 0 Å². The highest BCUT2D eigenvalue weighted by molar-refractivity contribution is 7.80. The minimum absolute atomic E-state index is 0.128. The van der Waals surface area contributed by atoms with Crippen molar-refractivity contribution in [1.29, 1.82) is 0 Å². The van der Waals surface area contributed by atoms with Crippen LogP contribution in [-0.2, 0) is 6.18 Å². The molecule has 1 aromatic heterocycles. The normalized spacial score (nSPS) is 22.7. The molecule has 6 heteroatoms. The first-order chi connectivity index (χ1) is 8.00. The maximum atomic E-state index is 12.8. The number of aromatic nitrogens is 1. The molecule has 1 unspecified atom stereocenters. The van der Waals surface area contributed by atoms with E-state index in [4.69, 9.17) is 0 Å². The van der Waals surface area contributed by atoms with Gasteiger partial charge in [-0.3, -0.25) is 4.98 Å². The molecule has 0 bridgehead atoms. The Bertz CT molecular complexity index is 389. The van der Waals surface area contributed by atoms with Crippen molar-refractivity contribution in [2.45, 2.75) is 17.8 Å². The van der Waals surface area contributed by atoms with Gasteiger partial charge in [0.1, 0.15) is 5.69 Å². The second-order valence-corrected chi connectivity index (χ2v) is 4.69. The zero-order valence-electron chi connectivity index (χ0n) is 9.04. The van der Waals surface area contributed by atoms with Crippen LogP contribution in [-0.4, -0.2) is 18.1 Å². The molecule has 2 rings (SSSR count). The molecule has 1 aliphatic heterocycles. The summed E-state index contributed by atoms with van der Waals surface area (Å²) in [6.45, 7) is 1.55. The van der Waals surface area contributed by atoms with Gasteiger partial charge >= 0.3 is 6.18 Å². The van der Waals surface area contributed by atoms with Gasteiger partial charge in [0.25, 0.3) is 0 Å². The quantitative estimate of drug-likeness (QED) is 0.801. The van der Waals surface area contributed by atoms with E-state index in [0.29, 0.717) is 6.54 Å². The molecule has 2 heterocycles. The Hall–Kier alpha value is -0.750. The number of thiol groups is 1. The summed E-state index contributed by atoms with van der Waals surface area (Å²) in [6.07, 6.45) is -2.40. The highest BCUT2D eigenvalue weighted by Gasteiger charge is 2.38. The second kappa shape index (κ2) is 4.86. The fourth-order valence-corrected chi connectivity index (χ4v) is 2.56. The second-order valence-electron chi connectivity index (χ2n) is 4.14. The van der Waals surface area contributed by atoms with Crippen molar-refractivity contribution >= 4 is 12.6 Å². The van der Waals surface area contributed by atoms with E-state index in [1.165, 1.54) is 18.3 Å². The average molecular weight is 262 g/mol. The van der Waals surface area contributed by atoms with Gasteiger partial charge in [0.15, 0.2) is 0 Å². The number of pyridine rings is 1. The molecule has 17 heavy (non-hydrogen) atoms. The van der Waals surface area contributed by atoms with Crippen LogP contribution in [0.4, 0.5) is 13.2 Å². The lowest BCUT2D eigenvalue weighted by atomic mass is 9.96. The third kappa shape index (κ3) is 2.74. The van der Waals surface area contributed by atoms with Crippen molar-refractivity contribution in [3.05, 3.63) is 29.6 Å². The van der Waals surface area contributed by atoms with Gasteiger partial charge in [-0.2, -0.15) is 25.8 Å². The first kappa shape index (κ1) is 12.7. The van der Waals surface area contributed by atoms with E-state index >= 15 is 0 Å². The molecule has 1 fully saturated rings. The molecule has 94 valence electrons. The molecule has 0 aliphatic carbocycles. The van der Waals surface area contributed by atoms with E-state index in [-0.39, 0.29) is 11.5 Å². The van der Waals surface area contributed by atoms with E-state index in [2.05, 4.69) is 22.9 Å². The standard InChI is InChI=1S/C11H13F3N2S/c12-11(13,14)10-8(2-1-4-16-10)9(17)7-3-5-15-6-7/h1-2,4,7,9,15,17H,3,5-6H2/t7-,9?/m0/s1. The van der Waals surface area contributed by atoms with Gasteiger partial charge < -0.3 is 5.32 Å². The van der Waals surface area contributed by atoms with Crippen LogP contribution in [0.1, 0.15) is 22.9 Å². The van der Waals surface area contributed by atoms with E-state index in [9.17, 15) is 13.2 Å². The summed E-state index contributed by atoms with van der Waals surface area (Å²) in [4.78, 5) is 3.45. The van der Waals surface area contributed by atoms with Crippen molar-refractivity contribution < 1.29 is 13.2 Å². The van der Waals surface area contributed by atoms with Crippen LogP contribution in [0.3, 0.4) is 0 Å². The van der Waals surface area contributed by atoms with Gasteiger partial charge in [-0.1, -0.05) is 6.07 Å². The Labute approximate surface area is 103 Å². The molecule has 0 saturated carbocycles. The largest absolute Gasteiger partial charge is 0.433 e. The van der Waals surface area contributed by atoms with E-state index in [1.807, 2.05) is 0 Å². The fourth-order valence-electron chi connectivity index (χ4n) is 2.09. The third-order valence-corrected chi connectivity index (χ3v) is 3.67. The lowest BCUT2D eigenvalue weighted by molar-refractivity contribution is -0.141. The Morgan fingerprint density at radius 1 is 1.47 bits per heavy atom. The topological polar surface area (TPSA) is 24.9 Å². The summed E-state index contributed by atoms with van der Waals surface area (Å²) in [7, 11) is 0. The molecule has 1 saturated heterocycles. The van der Waals surface area contributed by atoms with Crippen molar-refractivity contribution in [3.8, 4) is 0 Å². The van der Waals surface area contributed by atoms with Crippen LogP contribution in [0.5, 0.6) is 0 Å². The van der Waals surface area contributed by atoms with Crippen molar-refractivity contribution in [1.82, 2.24) is 10.3 Å². The molecule has 1 aliphatic rings. The average Bonchev–Trinajstić information content (AvgIpc) is 2.80. The van der Waals surface area contributed by atoms with E-state index in [0.717, 1.165) is 13.0 Å². The number of nitrogens with one attached hydrogen (secondary N) is 1. The van der Waals surface area contributed by atoms with Crippen molar-refractivity contribution in [2.75, 3.05) is 13.1 Å². The molecule has 1 N–H and O–H groups in total. The summed E-state index contributed by atoms with van der Waals surface area (Å²) in [5.41, 5.74) is -0.635. The lowest BCUT2D eigenvalue weighted by Crippen LogP contribution is -2.18. The molecule has 2 atom stereocenters. The summed E-state index contributed by atoms with van der Waals surface area (Å²) in [5.74, 6) is 0.128. The molecular formula is C11H13F3N2S. The summed E-state index contributed by atoms with van der Waals surface area (Å²) < 4.78 is 38.4. The predicted molar refractivity (Wildman–Crippen MR) is 61.9 cm³/mol. The van der Waals surface area contributed by atoms with Gasteiger partial charge in [-0.15, -0.1) is 0 Å². The van der Waals surface area contributed by atoms with Gasteiger partial charge in [-0.05, 0) is 37.1 Å². The zero-order valence-corrected chi connectivity index (χ0v) is 9.93. The van der Waals surface area contributed by atoms with Gasteiger partial charge in [0, 0.05) is 11.4 Å². The maximum absolute atomic E-state index is 12.8. The minimum atomic E-state index is -4.41. The maximum Gasteiger partial charge on any atom is 0.433 e. The Morgan fingerprint density at radius 2 is 2.24 bits per heavy atom. The highest BCUT2D eigenvalue weighted by Crippen LogP contribution is 2.39. The summed E-state index contributed by atoms with van der Waals surface area (Å²) >= 11 is 4.34. The Kier molecular flexibility index (Phi) is 3.63. The van der Waals surface area contributed by atoms with Crippen LogP contribution in [0.15, 0.2) is 18.3 Å². The minimum Gasteiger partial charge on any atom is -0.316 e. The van der Waals surface area contributed by atoms with Crippen LogP contribution < -0.4 is 5.32 Å². The first-order valence-electron chi connectivity index (χ1n) is 5.41. The summed E-state index contributed by atoms with van der Waals surface area (Å²) in [5, 5.41) is 2.71. The van der Waals surface area contributed by atoms with Crippen LogP contribution >= 0.6 is 12.6 Å². The molecular weight excluding hydrogens is 249 g/mol. The molecule has 1 aromatic rings. The number of nitrogens with zero attached hydrogens (tertiary/aromatic N) is 1. The number of halogens is 3. The number of hydrogen-bond acceptors (Lipinski definition) is 3.